The summed E-state index contributed by atoms with van der Waals surface area (Å²) in [6, 6.07) is 8.13. The predicted octanol–water partition coefficient (Wildman–Crippen LogP) is 1.90. The van der Waals surface area contributed by atoms with Crippen molar-refractivity contribution < 1.29 is 33.8 Å². The molecule has 2 saturated heterocycles. The lowest BCUT2D eigenvalue weighted by atomic mass is 9.74. The Morgan fingerprint density at radius 1 is 1.05 bits per heavy atom. The predicted molar refractivity (Wildman–Crippen MR) is 149 cm³/mol. The van der Waals surface area contributed by atoms with E-state index in [-0.39, 0.29) is 37.9 Å². The highest BCUT2D eigenvalue weighted by molar-refractivity contribution is 5.99. The van der Waals surface area contributed by atoms with Crippen LogP contribution in [0.15, 0.2) is 54.6 Å². The van der Waals surface area contributed by atoms with Crippen molar-refractivity contribution in [3.8, 4) is 0 Å². The number of ether oxygens (including phenoxy) is 2. The van der Waals surface area contributed by atoms with Crippen molar-refractivity contribution in [2.45, 2.75) is 62.9 Å². The molecule has 6 atom stereocenters. The third-order valence-corrected chi connectivity index (χ3v) is 8.51. The molecule has 2 N–H and O–H groups in total. The number of fused-ring (bicyclic) bond motifs is 2. The second-order valence-electron chi connectivity index (χ2n) is 11.1. The number of nitrogens with zero attached hydrogens (tertiary/aromatic N) is 2. The Morgan fingerprint density at radius 3 is 2.61 bits per heavy atom. The molecule has 1 aromatic carbocycles. The summed E-state index contributed by atoms with van der Waals surface area (Å²) in [6.45, 7) is 2.60. The number of hydrogen-bond donors (Lipinski definition) is 2. The summed E-state index contributed by atoms with van der Waals surface area (Å²) in [5.41, 5.74) is -0.613. The number of esters is 1. The molecule has 0 aliphatic carbocycles. The summed E-state index contributed by atoms with van der Waals surface area (Å²) in [6.07, 6.45) is 9.24. The van der Waals surface area contributed by atoms with Crippen LogP contribution in [-0.4, -0.2) is 89.1 Å². The first kappa shape index (κ1) is 29.0. The van der Waals surface area contributed by atoms with Crippen molar-refractivity contribution in [2.24, 2.45) is 11.8 Å². The molecule has 5 rings (SSSR count). The van der Waals surface area contributed by atoms with Gasteiger partial charge in [0.2, 0.25) is 17.7 Å². The summed E-state index contributed by atoms with van der Waals surface area (Å²) in [5.74, 6) is -3.39. The lowest BCUT2D eigenvalue weighted by molar-refractivity contribution is -0.159. The molecule has 2 fully saturated rings. The number of aliphatic hydroxyl groups is 1. The number of rotatable bonds is 7. The van der Waals surface area contributed by atoms with E-state index in [4.69, 9.17) is 9.47 Å². The van der Waals surface area contributed by atoms with Gasteiger partial charge in [0.05, 0.1) is 25.2 Å². The maximum Gasteiger partial charge on any atom is 0.313 e. The number of amides is 3. The molecule has 0 aromatic heterocycles. The first-order chi connectivity index (χ1) is 19.9. The maximum absolute atomic E-state index is 14.2. The van der Waals surface area contributed by atoms with Crippen LogP contribution in [0.25, 0.3) is 0 Å². The Hall–Kier alpha value is -3.50. The minimum atomic E-state index is -1.32. The van der Waals surface area contributed by atoms with Crippen molar-refractivity contribution in [3.05, 3.63) is 60.2 Å². The number of nitrogens with one attached hydrogen (secondary N) is 1. The number of carbonyl (C=O) groups excluding carboxylic acids is 4. The molecule has 5 bridgehead atoms. The lowest BCUT2D eigenvalue weighted by Crippen LogP contribution is -2.56. The van der Waals surface area contributed by atoms with E-state index >= 15 is 0 Å². The molecule has 4 aliphatic heterocycles. The molecule has 3 amide bonds. The number of carbonyl (C=O) groups is 4. The van der Waals surface area contributed by atoms with Gasteiger partial charge in [-0.25, -0.2) is 0 Å². The number of hydrogen-bond acceptors (Lipinski definition) is 7. The average Bonchev–Trinajstić information content (AvgIpc) is 3.61. The molecule has 220 valence electrons. The molecule has 10 nitrogen and oxygen atoms in total. The van der Waals surface area contributed by atoms with Crippen LogP contribution < -0.4 is 5.32 Å². The summed E-state index contributed by atoms with van der Waals surface area (Å²) in [4.78, 5) is 57.7. The second-order valence-corrected chi connectivity index (χ2v) is 11.1. The van der Waals surface area contributed by atoms with Crippen molar-refractivity contribution in [2.75, 3.05) is 32.8 Å². The van der Waals surface area contributed by atoms with Crippen LogP contribution in [0.5, 0.6) is 0 Å². The average molecular weight is 566 g/mol. The number of unbranched alkanes of at least 4 members (excludes halogenated alkanes) is 2. The molecular formula is C31H39N3O7. The van der Waals surface area contributed by atoms with Gasteiger partial charge in [0.1, 0.15) is 23.7 Å². The van der Waals surface area contributed by atoms with Gasteiger partial charge in [-0.05, 0) is 18.4 Å². The van der Waals surface area contributed by atoms with Crippen LogP contribution >= 0.6 is 0 Å². The minimum Gasteiger partial charge on any atom is -0.455 e. The van der Waals surface area contributed by atoms with Crippen molar-refractivity contribution >= 4 is 23.7 Å². The zero-order valence-electron chi connectivity index (χ0n) is 23.4. The number of cyclic esters (lactones) is 1. The van der Waals surface area contributed by atoms with E-state index in [1.807, 2.05) is 42.5 Å². The fourth-order valence-electron chi connectivity index (χ4n) is 6.53. The molecule has 0 radical (unpaired) electrons. The smallest absolute Gasteiger partial charge is 0.313 e. The van der Waals surface area contributed by atoms with Crippen LogP contribution in [0.2, 0.25) is 0 Å². The van der Waals surface area contributed by atoms with E-state index in [1.165, 1.54) is 4.90 Å². The molecule has 41 heavy (non-hydrogen) atoms. The molecule has 10 heteroatoms. The first-order valence-electron chi connectivity index (χ1n) is 14.7. The third-order valence-electron chi connectivity index (χ3n) is 8.51. The van der Waals surface area contributed by atoms with E-state index in [9.17, 15) is 24.3 Å². The highest BCUT2D eigenvalue weighted by Crippen LogP contribution is 2.55. The zero-order valence-corrected chi connectivity index (χ0v) is 23.4. The van der Waals surface area contributed by atoms with Gasteiger partial charge < -0.3 is 29.7 Å². The Kier molecular flexibility index (Phi) is 8.89. The van der Waals surface area contributed by atoms with E-state index in [2.05, 4.69) is 12.2 Å². The fourth-order valence-corrected chi connectivity index (χ4v) is 6.53. The van der Waals surface area contributed by atoms with E-state index in [0.29, 0.717) is 25.1 Å². The zero-order chi connectivity index (χ0) is 29.0. The molecule has 4 aliphatic rings. The Morgan fingerprint density at radius 2 is 1.85 bits per heavy atom. The van der Waals surface area contributed by atoms with Crippen molar-refractivity contribution in [1.82, 2.24) is 15.1 Å². The Balaban J connectivity index is 1.52. The lowest BCUT2D eigenvalue weighted by Gasteiger charge is -2.35. The van der Waals surface area contributed by atoms with Crippen LogP contribution in [0.1, 0.15) is 50.7 Å². The van der Waals surface area contributed by atoms with Gasteiger partial charge in [-0.2, -0.15) is 0 Å². The van der Waals surface area contributed by atoms with Gasteiger partial charge in [-0.15, -0.1) is 0 Å². The summed E-state index contributed by atoms with van der Waals surface area (Å²) < 4.78 is 12.4. The molecule has 0 unspecified atom stereocenters. The van der Waals surface area contributed by atoms with E-state index in [0.717, 1.165) is 19.3 Å². The number of allylic oxidation sites excluding steroid dienone is 1. The Bertz CT molecular complexity index is 1200. The summed E-state index contributed by atoms with van der Waals surface area (Å²) in [7, 11) is 0. The molecule has 0 saturated carbocycles. The van der Waals surface area contributed by atoms with Crippen LogP contribution in [0.4, 0.5) is 0 Å². The fraction of sp³-hybridized carbons (Fsp3) is 0.548. The molecular weight excluding hydrogens is 526 g/mol. The van der Waals surface area contributed by atoms with Gasteiger partial charge in [0.25, 0.3) is 0 Å². The van der Waals surface area contributed by atoms with E-state index < -0.39 is 47.6 Å². The van der Waals surface area contributed by atoms with Crippen molar-refractivity contribution in [3.63, 3.8) is 0 Å². The van der Waals surface area contributed by atoms with Gasteiger partial charge in [-0.3, -0.25) is 19.2 Å². The van der Waals surface area contributed by atoms with Crippen LogP contribution in [0.3, 0.4) is 0 Å². The monoisotopic (exact) mass is 565 g/mol. The molecule has 4 heterocycles. The largest absolute Gasteiger partial charge is 0.455 e. The third kappa shape index (κ3) is 5.55. The maximum atomic E-state index is 14.2. The van der Waals surface area contributed by atoms with Gasteiger partial charge >= 0.3 is 5.97 Å². The van der Waals surface area contributed by atoms with Gasteiger partial charge in [0.15, 0.2) is 0 Å². The van der Waals surface area contributed by atoms with Crippen LogP contribution in [-0.2, 0) is 28.7 Å². The van der Waals surface area contributed by atoms with E-state index in [1.54, 1.807) is 17.1 Å². The topological polar surface area (TPSA) is 125 Å². The number of β-amino-alcohol motifs (C(OH)–C–C–N with tert-alkyl or cyclic N) is 1. The SMILES string of the molecule is CCCCCN1C/C=C\CCC(=O)NC[C@@H](c2ccccc2)OC(=O)[C@@H]2[C@@H]3C=C[C@]4(O3)[C@H](C1=O)N(CCO)C(=O)[C@@H]24. The number of likely N-dealkylation sites (tertiary alicyclic amines) is 1. The molecule has 1 spiro atoms. The highest BCUT2D eigenvalue weighted by atomic mass is 16.6. The highest BCUT2D eigenvalue weighted by Gasteiger charge is 2.73. The first-order valence-corrected chi connectivity index (χ1v) is 14.7. The van der Waals surface area contributed by atoms with Crippen LogP contribution in [0, 0.1) is 11.8 Å². The summed E-state index contributed by atoms with van der Waals surface area (Å²) in [5, 5.41) is 12.7. The standard InChI is InChI=1S/C31H39N3O7/c1-2-3-9-16-33-17-10-5-8-13-24(36)32-20-23(21-11-6-4-7-12-21)40-30(39)25-22-14-15-31(41-22)26(25)28(37)34(18-19-35)27(31)29(33)38/h4-7,10-12,14-15,22-23,25-27,35H,2-3,8-9,13,16-20H2,1H3,(H,32,36)/b10-5-/t22-,23-,25+,26+,27-,31+/m0/s1. The minimum absolute atomic E-state index is 0.0472. The van der Waals surface area contributed by atoms with Gasteiger partial charge in [-0.1, -0.05) is 74.4 Å². The second kappa shape index (κ2) is 12.6. The van der Waals surface area contributed by atoms with Crippen molar-refractivity contribution in [1.29, 1.82) is 0 Å². The summed E-state index contributed by atoms with van der Waals surface area (Å²) >= 11 is 0. The Labute approximate surface area is 240 Å². The quantitative estimate of drug-likeness (QED) is 0.294. The number of aliphatic hydroxyl groups excluding tert-OH is 1. The molecule has 1 aromatic rings. The normalized spacial score (nSPS) is 32.7. The van der Waals surface area contributed by atoms with Gasteiger partial charge in [0, 0.05) is 26.1 Å². The number of benzene rings is 1.